The van der Waals surface area contributed by atoms with Crippen LogP contribution < -0.4 is 5.32 Å². The molecule has 0 aliphatic heterocycles. The molecule has 0 saturated carbocycles. The van der Waals surface area contributed by atoms with Gasteiger partial charge in [-0.1, -0.05) is 30.7 Å². The highest BCUT2D eigenvalue weighted by atomic mass is 35.5. The summed E-state index contributed by atoms with van der Waals surface area (Å²) in [7, 11) is 0. The maximum Gasteiger partial charge on any atom is 0.132 e. The van der Waals surface area contributed by atoms with Crippen LogP contribution in [0.2, 0.25) is 5.02 Å². The Morgan fingerprint density at radius 2 is 2.16 bits per heavy atom. The quantitative estimate of drug-likeness (QED) is 0.823. The van der Waals surface area contributed by atoms with Gasteiger partial charge >= 0.3 is 0 Å². The monoisotopic (exact) mass is 275 g/mol. The normalized spacial score (nSPS) is 10.6. The van der Waals surface area contributed by atoms with Gasteiger partial charge in [0, 0.05) is 24.2 Å². The lowest BCUT2D eigenvalue weighted by molar-refractivity contribution is 0.659. The van der Waals surface area contributed by atoms with Gasteiger partial charge in [-0.15, -0.1) is 0 Å². The fourth-order valence-corrected chi connectivity index (χ4v) is 2.06. The number of aromatic nitrogens is 2. The summed E-state index contributed by atoms with van der Waals surface area (Å²) in [4.78, 5) is 8.86. The molecular formula is C15H18ClN3. The van der Waals surface area contributed by atoms with Crippen LogP contribution in [0.1, 0.15) is 30.4 Å². The van der Waals surface area contributed by atoms with Crippen LogP contribution in [0.25, 0.3) is 0 Å². The van der Waals surface area contributed by atoms with E-state index in [0.717, 1.165) is 41.6 Å². The number of hydrogen-bond acceptors (Lipinski definition) is 3. The molecule has 100 valence electrons. The average molecular weight is 276 g/mol. The summed E-state index contributed by atoms with van der Waals surface area (Å²) in [6, 6.07) is 9.76. The third-order valence-electron chi connectivity index (χ3n) is 2.75. The number of hydrogen-bond donors (Lipinski definition) is 1. The molecule has 0 amide bonds. The molecule has 0 aliphatic carbocycles. The van der Waals surface area contributed by atoms with Crippen molar-refractivity contribution in [3.8, 4) is 0 Å². The molecule has 1 N–H and O–H groups in total. The molecule has 0 fully saturated rings. The van der Waals surface area contributed by atoms with Gasteiger partial charge in [-0.3, -0.25) is 0 Å². The van der Waals surface area contributed by atoms with Crippen LogP contribution in [0, 0.1) is 0 Å². The minimum absolute atomic E-state index is 0.710. The Labute approximate surface area is 119 Å². The van der Waals surface area contributed by atoms with Crippen LogP contribution in [0.5, 0.6) is 0 Å². The topological polar surface area (TPSA) is 37.8 Å². The van der Waals surface area contributed by atoms with Crippen molar-refractivity contribution in [3.63, 3.8) is 0 Å². The van der Waals surface area contributed by atoms with Crippen molar-refractivity contribution >= 4 is 11.6 Å². The highest BCUT2D eigenvalue weighted by Crippen LogP contribution is 2.13. The Morgan fingerprint density at radius 1 is 1.26 bits per heavy atom. The first-order chi connectivity index (χ1) is 9.28. The van der Waals surface area contributed by atoms with Crippen LogP contribution in [0.15, 0.2) is 36.5 Å². The third kappa shape index (κ3) is 4.62. The van der Waals surface area contributed by atoms with E-state index in [-0.39, 0.29) is 0 Å². The van der Waals surface area contributed by atoms with Crippen LogP contribution >= 0.6 is 11.6 Å². The fourth-order valence-electron chi connectivity index (χ4n) is 1.85. The summed E-state index contributed by atoms with van der Waals surface area (Å²) >= 11 is 5.98. The molecule has 0 atom stereocenters. The third-order valence-corrected chi connectivity index (χ3v) is 2.98. The maximum atomic E-state index is 5.98. The van der Waals surface area contributed by atoms with Crippen LogP contribution in [-0.4, -0.2) is 16.5 Å². The summed E-state index contributed by atoms with van der Waals surface area (Å²) in [6.45, 7) is 3.95. The summed E-state index contributed by atoms with van der Waals surface area (Å²) in [6.07, 6.45) is 3.65. The fraction of sp³-hybridized carbons (Fsp3) is 0.333. The molecule has 0 unspecified atom stereocenters. The predicted molar refractivity (Wildman–Crippen MR) is 78.3 cm³/mol. The van der Waals surface area contributed by atoms with E-state index in [9.17, 15) is 0 Å². The molecule has 3 nitrogen and oxygen atoms in total. The van der Waals surface area contributed by atoms with E-state index in [1.54, 1.807) is 0 Å². The number of benzene rings is 1. The Balaban J connectivity index is 2.02. The highest BCUT2D eigenvalue weighted by Gasteiger charge is 2.02. The molecule has 0 bridgehead atoms. The molecule has 0 spiro atoms. The van der Waals surface area contributed by atoms with E-state index < -0.39 is 0 Å². The Morgan fingerprint density at radius 3 is 2.95 bits per heavy atom. The molecule has 1 aromatic heterocycles. The van der Waals surface area contributed by atoms with Gasteiger partial charge in [0.25, 0.3) is 0 Å². The summed E-state index contributed by atoms with van der Waals surface area (Å²) in [5.41, 5.74) is 2.16. The first kappa shape index (κ1) is 14.0. The molecule has 1 aromatic carbocycles. The zero-order valence-electron chi connectivity index (χ0n) is 11.1. The molecule has 19 heavy (non-hydrogen) atoms. The van der Waals surface area contributed by atoms with Crippen LogP contribution in [-0.2, 0) is 13.0 Å². The molecule has 0 radical (unpaired) electrons. The SMILES string of the molecule is CCCNCc1ccnc(Cc2cccc(Cl)c2)n1. The van der Waals surface area contributed by atoms with Gasteiger partial charge in [0.15, 0.2) is 0 Å². The van der Waals surface area contributed by atoms with E-state index in [0.29, 0.717) is 6.42 Å². The van der Waals surface area contributed by atoms with Crippen molar-refractivity contribution in [3.05, 3.63) is 58.6 Å². The van der Waals surface area contributed by atoms with E-state index >= 15 is 0 Å². The van der Waals surface area contributed by atoms with Crippen molar-refractivity contribution in [2.45, 2.75) is 26.3 Å². The van der Waals surface area contributed by atoms with Gasteiger partial charge in [0.05, 0.1) is 5.69 Å². The summed E-state index contributed by atoms with van der Waals surface area (Å²) in [5.74, 6) is 0.832. The predicted octanol–water partition coefficient (Wildman–Crippen LogP) is 3.22. The first-order valence-corrected chi connectivity index (χ1v) is 6.91. The van der Waals surface area contributed by atoms with Crippen molar-refractivity contribution in [2.24, 2.45) is 0 Å². The second-order valence-electron chi connectivity index (χ2n) is 4.45. The van der Waals surface area contributed by atoms with Gasteiger partial charge in [0.2, 0.25) is 0 Å². The van der Waals surface area contributed by atoms with E-state index in [1.165, 1.54) is 0 Å². The zero-order valence-corrected chi connectivity index (χ0v) is 11.8. The van der Waals surface area contributed by atoms with E-state index in [4.69, 9.17) is 11.6 Å². The molecule has 0 saturated heterocycles. The molecule has 2 aromatic rings. The Hall–Kier alpha value is -1.45. The lowest BCUT2D eigenvalue weighted by atomic mass is 10.1. The molecule has 0 aliphatic rings. The second-order valence-corrected chi connectivity index (χ2v) is 4.88. The highest BCUT2D eigenvalue weighted by molar-refractivity contribution is 6.30. The lowest BCUT2D eigenvalue weighted by Crippen LogP contribution is -2.15. The minimum Gasteiger partial charge on any atom is -0.311 e. The van der Waals surface area contributed by atoms with Crippen LogP contribution in [0.4, 0.5) is 0 Å². The second kappa shape index (κ2) is 7.22. The van der Waals surface area contributed by atoms with Crippen LogP contribution in [0.3, 0.4) is 0 Å². The average Bonchev–Trinajstić information content (AvgIpc) is 2.39. The lowest BCUT2D eigenvalue weighted by Gasteiger charge is -2.05. The standard InChI is InChI=1S/C15H18ClN3/c1-2-7-17-11-14-6-8-18-15(19-14)10-12-4-3-5-13(16)9-12/h3-6,8-9,17H,2,7,10-11H2,1H3. The molecule has 1 heterocycles. The van der Waals surface area contributed by atoms with Crippen molar-refractivity contribution in [1.29, 1.82) is 0 Å². The van der Waals surface area contributed by atoms with E-state index in [1.807, 2.05) is 36.5 Å². The number of rotatable bonds is 6. The number of halogens is 1. The summed E-state index contributed by atoms with van der Waals surface area (Å²) in [5, 5.41) is 4.09. The van der Waals surface area contributed by atoms with Crippen molar-refractivity contribution in [1.82, 2.24) is 15.3 Å². The van der Waals surface area contributed by atoms with Gasteiger partial charge in [-0.05, 0) is 36.7 Å². The van der Waals surface area contributed by atoms with Crippen molar-refractivity contribution < 1.29 is 0 Å². The number of nitrogens with one attached hydrogen (secondary N) is 1. The molecule has 2 rings (SSSR count). The van der Waals surface area contributed by atoms with Gasteiger partial charge in [-0.25, -0.2) is 9.97 Å². The Bertz CT molecular complexity index is 528. The maximum absolute atomic E-state index is 5.98. The number of nitrogens with zero attached hydrogens (tertiary/aromatic N) is 2. The largest absolute Gasteiger partial charge is 0.311 e. The minimum atomic E-state index is 0.710. The van der Waals surface area contributed by atoms with E-state index in [2.05, 4.69) is 22.2 Å². The Kier molecular flexibility index (Phi) is 5.31. The molecular weight excluding hydrogens is 258 g/mol. The first-order valence-electron chi connectivity index (χ1n) is 6.54. The smallest absolute Gasteiger partial charge is 0.132 e. The van der Waals surface area contributed by atoms with Gasteiger partial charge < -0.3 is 5.32 Å². The molecule has 4 heteroatoms. The van der Waals surface area contributed by atoms with Gasteiger partial charge in [-0.2, -0.15) is 0 Å². The van der Waals surface area contributed by atoms with Crippen molar-refractivity contribution in [2.75, 3.05) is 6.54 Å². The summed E-state index contributed by atoms with van der Waals surface area (Å²) < 4.78 is 0. The van der Waals surface area contributed by atoms with Gasteiger partial charge in [0.1, 0.15) is 5.82 Å². The zero-order chi connectivity index (χ0) is 13.5.